The Morgan fingerprint density at radius 1 is 0.871 bits per heavy atom. The van der Waals surface area contributed by atoms with E-state index in [2.05, 4.69) is 16.0 Å². The third kappa shape index (κ3) is 13.1. The van der Waals surface area contributed by atoms with E-state index in [0.29, 0.717) is 5.75 Å². The van der Waals surface area contributed by atoms with Crippen molar-refractivity contribution in [1.82, 2.24) is 16.0 Å². The van der Waals surface area contributed by atoms with Crippen molar-refractivity contribution < 1.29 is 33.9 Å². The van der Waals surface area contributed by atoms with Crippen LogP contribution in [0, 0.1) is 0 Å². The molecule has 13 nitrogen and oxygen atoms in total. The molecule has 0 fully saturated rings. The second kappa shape index (κ2) is 15.0. The summed E-state index contributed by atoms with van der Waals surface area (Å²) in [7, 11) is 0. The van der Waals surface area contributed by atoms with E-state index in [0.717, 1.165) is 0 Å². The molecule has 0 saturated heterocycles. The zero-order valence-corrected chi connectivity index (χ0v) is 18.0. The molecule has 0 saturated carbocycles. The molecule has 10 N–H and O–H groups in total. The van der Waals surface area contributed by atoms with Gasteiger partial charge >= 0.3 is 5.97 Å². The van der Waals surface area contributed by atoms with Crippen LogP contribution >= 0.6 is 11.8 Å². The van der Waals surface area contributed by atoms with Crippen LogP contribution in [0.15, 0.2) is 0 Å². The number of hydrogen-bond acceptors (Lipinski definition) is 8. The summed E-state index contributed by atoms with van der Waals surface area (Å²) >= 11 is 1.43. The molecule has 0 rings (SSSR count). The summed E-state index contributed by atoms with van der Waals surface area (Å²) in [6.07, 6.45) is 1.56. The van der Waals surface area contributed by atoms with Gasteiger partial charge in [0.25, 0.3) is 0 Å². The number of amides is 5. The number of hydrogen-bond donors (Lipinski definition) is 7. The number of aliphatic carboxylic acids is 1. The molecule has 176 valence electrons. The maximum Gasteiger partial charge on any atom is 0.326 e. The Balaban J connectivity index is 4.79. The first-order chi connectivity index (χ1) is 14.5. The molecule has 0 aliphatic carbocycles. The molecule has 0 bridgehead atoms. The summed E-state index contributed by atoms with van der Waals surface area (Å²) in [4.78, 5) is 69.3. The lowest BCUT2D eigenvalue weighted by Gasteiger charge is -2.20. The third-order valence-electron chi connectivity index (χ3n) is 4.02. The molecule has 0 radical (unpaired) electrons. The monoisotopic (exact) mass is 462 g/mol. The zero-order valence-electron chi connectivity index (χ0n) is 17.2. The first-order valence-corrected chi connectivity index (χ1v) is 10.8. The van der Waals surface area contributed by atoms with E-state index in [4.69, 9.17) is 22.3 Å². The Bertz CT molecular complexity index is 675. The number of primary amides is 2. The molecule has 0 heterocycles. The molecule has 5 amide bonds. The lowest BCUT2D eigenvalue weighted by Crippen LogP contribution is -2.53. The third-order valence-corrected chi connectivity index (χ3v) is 4.66. The summed E-state index contributed by atoms with van der Waals surface area (Å²) in [6, 6.07) is -3.37. The lowest BCUT2D eigenvalue weighted by atomic mass is 10.1. The molecule has 0 aromatic carbocycles. The molecular weight excluding hydrogens is 432 g/mol. The largest absolute Gasteiger partial charge is 0.480 e. The predicted octanol–water partition coefficient (Wildman–Crippen LogP) is -3.23. The minimum atomic E-state index is -1.35. The molecule has 0 spiro atoms. The van der Waals surface area contributed by atoms with Crippen molar-refractivity contribution in [3.8, 4) is 0 Å². The molecule has 3 unspecified atom stereocenters. The van der Waals surface area contributed by atoms with Crippen LogP contribution in [0.2, 0.25) is 0 Å². The SMILES string of the molecule is CSCCC(NC(=O)C(N)CCC(N)=O)C(=O)NCC(=O)NC(CCC(N)=O)C(=O)O. The maximum atomic E-state index is 12.4. The fraction of sp³-hybridized carbons (Fsp3) is 0.647. The topological polar surface area (TPSA) is 237 Å². The molecule has 14 heteroatoms. The second-order valence-electron chi connectivity index (χ2n) is 6.64. The highest BCUT2D eigenvalue weighted by Crippen LogP contribution is 2.03. The van der Waals surface area contributed by atoms with Gasteiger partial charge in [0, 0.05) is 12.8 Å². The second-order valence-corrected chi connectivity index (χ2v) is 7.62. The van der Waals surface area contributed by atoms with Crippen LogP contribution in [-0.2, 0) is 28.8 Å². The molecule has 3 atom stereocenters. The van der Waals surface area contributed by atoms with Gasteiger partial charge in [-0.1, -0.05) is 0 Å². The van der Waals surface area contributed by atoms with Gasteiger partial charge < -0.3 is 38.3 Å². The number of nitrogens with one attached hydrogen (secondary N) is 3. The van der Waals surface area contributed by atoms with Gasteiger partial charge in [-0.05, 0) is 31.3 Å². The van der Waals surface area contributed by atoms with Crippen LogP contribution in [0.1, 0.15) is 32.1 Å². The van der Waals surface area contributed by atoms with Crippen molar-refractivity contribution >= 4 is 47.3 Å². The highest BCUT2D eigenvalue weighted by Gasteiger charge is 2.25. The highest BCUT2D eigenvalue weighted by atomic mass is 32.2. The predicted molar refractivity (Wildman–Crippen MR) is 112 cm³/mol. The average molecular weight is 463 g/mol. The van der Waals surface area contributed by atoms with Crippen molar-refractivity contribution in [1.29, 1.82) is 0 Å². The van der Waals surface area contributed by atoms with Crippen molar-refractivity contribution in [3.05, 3.63) is 0 Å². The van der Waals surface area contributed by atoms with E-state index in [1.54, 1.807) is 6.26 Å². The van der Waals surface area contributed by atoms with Gasteiger partial charge in [0.15, 0.2) is 0 Å². The van der Waals surface area contributed by atoms with Gasteiger partial charge in [-0.15, -0.1) is 0 Å². The van der Waals surface area contributed by atoms with Crippen LogP contribution in [-0.4, -0.2) is 77.3 Å². The smallest absolute Gasteiger partial charge is 0.326 e. The van der Waals surface area contributed by atoms with E-state index < -0.39 is 60.2 Å². The number of rotatable bonds is 16. The summed E-state index contributed by atoms with van der Waals surface area (Å²) < 4.78 is 0. The van der Waals surface area contributed by atoms with Crippen LogP contribution < -0.4 is 33.2 Å². The lowest BCUT2D eigenvalue weighted by molar-refractivity contribution is -0.142. The maximum absolute atomic E-state index is 12.4. The van der Waals surface area contributed by atoms with Gasteiger partial charge in [0.1, 0.15) is 12.1 Å². The molecule has 0 aromatic rings. The Morgan fingerprint density at radius 3 is 1.97 bits per heavy atom. The number of carbonyl (C=O) groups is 6. The van der Waals surface area contributed by atoms with Gasteiger partial charge in [0.05, 0.1) is 12.6 Å². The minimum absolute atomic E-state index is 0.0162. The van der Waals surface area contributed by atoms with Crippen LogP contribution in [0.4, 0.5) is 0 Å². The fourth-order valence-electron chi connectivity index (χ4n) is 2.29. The standard InChI is InChI=1S/C17H30N6O7S/c1-31-7-6-10(23-15(27)9(18)2-4-12(19)24)16(28)21-8-14(26)22-11(17(29)30)3-5-13(20)25/h9-11H,2-8,18H2,1H3,(H2,19,24)(H2,20,25)(H,21,28)(H,22,26)(H,23,27)(H,29,30). The van der Waals surface area contributed by atoms with E-state index >= 15 is 0 Å². The molecule has 31 heavy (non-hydrogen) atoms. The first kappa shape index (κ1) is 28.1. The number of thioether (sulfide) groups is 1. The summed E-state index contributed by atoms with van der Waals surface area (Å²) in [5, 5.41) is 16.1. The van der Waals surface area contributed by atoms with E-state index in [1.165, 1.54) is 11.8 Å². The molecule has 0 aliphatic rings. The van der Waals surface area contributed by atoms with Crippen molar-refractivity contribution in [2.24, 2.45) is 17.2 Å². The number of nitrogens with two attached hydrogens (primary N) is 3. The number of carbonyl (C=O) groups excluding carboxylic acids is 5. The Kier molecular flexibility index (Phi) is 13.6. The molecule has 0 aliphatic heterocycles. The quantitative estimate of drug-likeness (QED) is 0.122. The molecule has 0 aromatic heterocycles. The van der Waals surface area contributed by atoms with Crippen molar-refractivity contribution in [2.75, 3.05) is 18.6 Å². The highest BCUT2D eigenvalue weighted by molar-refractivity contribution is 7.98. The van der Waals surface area contributed by atoms with E-state index in [-0.39, 0.29) is 32.1 Å². The van der Waals surface area contributed by atoms with Crippen molar-refractivity contribution in [3.63, 3.8) is 0 Å². The Labute approximate surface area is 183 Å². The number of carboxylic acid groups (broad SMARTS) is 1. The zero-order chi connectivity index (χ0) is 24.0. The van der Waals surface area contributed by atoms with Gasteiger partial charge in [-0.2, -0.15) is 11.8 Å². The summed E-state index contributed by atoms with van der Waals surface area (Å²) in [6.45, 7) is -0.543. The van der Waals surface area contributed by atoms with Gasteiger partial charge in [0.2, 0.25) is 29.5 Å². The van der Waals surface area contributed by atoms with Gasteiger partial charge in [-0.25, -0.2) is 4.79 Å². The van der Waals surface area contributed by atoms with Gasteiger partial charge in [-0.3, -0.25) is 24.0 Å². The van der Waals surface area contributed by atoms with Crippen LogP contribution in [0.3, 0.4) is 0 Å². The van der Waals surface area contributed by atoms with Crippen molar-refractivity contribution in [2.45, 2.75) is 50.2 Å². The van der Waals surface area contributed by atoms with Crippen LogP contribution in [0.5, 0.6) is 0 Å². The summed E-state index contributed by atoms with van der Waals surface area (Å²) in [5.41, 5.74) is 15.7. The fourth-order valence-corrected chi connectivity index (χ4v) is 2.76. The number of carboxylic acids is 1. The van der Waals surface area contributed by atoms with Crippen LogP contribution in [0.25, 0.3) is 0 Å². The Morgan fingerprint density at radius 2 is 1.45 bits per heavy atom. The normalized spacial score (nSPS) is 13.4. The first-order valence-electron chi connectivity index (χ1n) is 9.39. The van der Waals surface area contributed by atoms with E-state index in [9.17, 15) is 28.8 Å². The Hall–Kier alpha value is -2.87. The van der Waals surface area contributed by atoms with E-state index in [1.807, 2.05) is 0 Å². The molecular formula is C17H30N6O7S. The minimum Gasteiger partial charge on any atom is -0.480 e. The average Bonchev–Trinajstić information content (AvgIpc) is 2.69. The summed E-state index contributed by atoms with van der Waals surface area (Å²) in [5.74, 6) is -4.26.